The lowest BCUT2D eigenvalue weighted by Crippen LogP contribution is -2.35. The molecule has 0 spiro atoms. The Labute approximate surface area is 119 Å². The topological polar surface area (TPSA) is 46.6 Å². The second-order valence-corrected chi connectivity index (χ2v) is 6.78. The van der Waals surface area contributed by atoms with E-state index >= 15 is 0 Å². The van der Waals surface area contributed by atoms with E-state index in [2.05, 4.69) is 0 Å². The standard InChI is InChI=1S/C13H18ClNO3S/c1-18-9-8-15(12-4-5-12)19(16,17)13-6-2-11(10-14)3-7-13/h2-3,6-7,12H,4-5,8-10H2,1H3. The van der Waals surface area contributed by atoms with Crippen molar-refractivity contribution >= 4 is 21.6 Å². The van der Waals surface area contributed by atoms with Crippen molar-refractivity contribution in [3.63, 3.8) is 0 Å². The normalized spacial score (nSPS) is 15.9. The van der Waals surface area contributed by atoms with E-state index in [1.807, 2.05) is 0 Å². The predicted octanol–water partition coefficient (Wildman–Crippen LogP) is 2.22. The maximum atomic E-state index is 12.6. The van der Waals surface area contributed by atoms with E-state index in [-0.39, 0.29) is 6.04 Å². The molecule has 19 heavy (non-hydrogen) atoms. The number of rotatable bonds is 7. The molecule has 2 rings (SSSR count). The third-order valence-electron chi connectivity index (χ3n) is 3.15. The van der Waals surface area contributed by atoms with Crippen molar-refractivity contribution < 1.29 is 13.2 Å². The number of halogens is 1. The quantitative estimate of drug-likeness (QED) is 0.726. The van der Waals surface area contributed by atoms with Crippen molar-refractivity contribution in [1.29, 1.82) is 0 Å². The van der Waals surface area contributed by atoms with Gasteiger partial charge >= 0.3 is 0 Å². The van der Waals surface area contributed by atoms with Crippen molar-refractivity contribution in [3.05, 3.63) is 29.8 Å². The van der Waals surface area contributed by atoms with Crippen LogP contribution in [0.4, 0.5) is 0 Å². The minimum atomic E-state index is -3.42. The van der Waals surface area contributed by atoms with Gasteiger partial charge in [0.25, 0.3) is 0 Å². The molecule has 0 radical (unpaired) electrons. The van der Waals surface area contributed by atoms with E-state index in [1.165, 1.54) is 0 Å². The number of methoxy groups -OCH3 is 1. The first-order valence-corrected chi connectivity index (χ1v) is 8.22. The summed E-state index contributed by atoms with van der Waals surface area (Å²) in [6.45, 7) is 0.816. The van der Waals surface area contributed by atoms with Gasteiger partial charge in [-0.05, 0) is 30.5 Å². The van der Waals surface area contributed by atoms with Crippen LogP contribution in [0.2, 0.25) is 0 Å². The molecule has 6 heteroatoms. The highest BCUT2D eigenvalue weighted by Gasteiger charge is 2.37. The van der Waals surface area contributed by atoms with Gasteiger partial charge in [0.2, 0.25) is 10.0 Å². The number of ether oxygens (including phenoxy) is 1. The molecule has 0 bridgehead atoms. The highest BCUT2D eigenvalue weighted by Crippen LogP contribution is 2.31. The van der Waals surface area contributed by atoms with E-state index in [9.17, 15) is 8.42 Å². The average molecular weight is 304 g/mol. The minimum Gasteiger partial charge on any atom is -0.383 e. The van der Waals surface area contributed by atoms with Crippen molar-refractivity contribution in [2.24, 2.45) is 0 Å². The molecule has 1 aliphatic rings. The molecular formula is C13H18ClNO3S. The zero-order valence-corrected chi connectivity index (χ0v) is 12.5. The highest BCUT2D eigenvalue weighted by atomic mass is 35.5. The van der Waals surface area contributed by atoms with Crippen molar-refractivity contribution in [2.75, 3.05) is 20.3 Å². The van der Waals surface area contributed by atoms with Gasteiger partial charge in [-0.1, -0.05) is 12.1 Å². The lowest BCUT2D eigenvalue weighted by molar-refractivity contribution is 0.177. The van der Waals surface area contributed by atoms with Crippen LogP contribution in [-0.2, 0) is 20.6 Å². The Balaban J connectivity index is 2.22. The monoisotopic (exact) mass is 303 g/mol. The summed E-state index contributed by atoms with van der Waals surface area (Å²) in [5.74, 6) is 0.385. The van der Waals surface area contributed by atoms with Gasteiger partial charge in [0, 0.05) is 25.6 Å². The molecule has 4 nitrogen and oxygen atoms in total. The smallest absolute Gasteiger partial charge is 0.243 e. The average Bonchev–Trinajstić information content (AvgIpc) is 3.23. The number of sulfonamides is 1. The maximum absolute atomic E-state index is 12.6. The first-order valence-electron chi connectivity index (χ1n) is 6.25. The predicted molar refractivity (Wildman–Crippen MR) is 74.8 cm³/mol. The molecule has 0 saturated heterocycles. The molecule has 1 saturated carbocycles. The minimum absolute atomic E-state index is 0.132. The van der Waals surface area contributed by atoms with E-state index in [4.69, 9.17) is 16.3 Å². The molecule has 0 atom stereocenters. The fourth-order valence-electron chi connectivity index (χ4n) is 1.93. The fraction of sp³-hybridized carbons (Fsp3) is 0.538. The van der Waals surface area contributed by atoms with Crippen LogP contribution in [0.25, 0.3) is 0 Å². The Morgan fingerprint density at radius 1 is 1.32 bits per heavy atom. The first kappa shape index (κ1) is 14.8. The number of benzene rings is 1. The van der Waals surface area contributed by atoms with Gasteiger partial charge in [0.05, 0.1) is 11.5 Å². The van der Waals surface area contributed by atoms with Gasteiger partial charge in [-0.25, -0.2) is 8.42 Å². The van der Waals surface area contributed by atoms with Crippen LogP contribution in [0.5, 0.6) is 0 Å². The van der Waals surface area contributed by atoms with Crippen LogP contribution in [0, 0.1) is 0 Å². The second-order valence-electron chi connectivity index (χ2n) is 4.62. The van der Waals surface area contributed by atoms with Gasteiger partial charge in [-0.2, -0.15) is 4.31 Å². The zero-order valence-electron chi connectivity index (χ0n) is 10.9. The van der Waals surface area contributed by atoms with Gasteiger partial charge < -0.3 is 4.74 Å². The Kier molecular flexibility index (Phi) is 4.84. The Morgan fingerprint density at radius 2 is 1.95 bits per heavy atom. The molecule has 0 aromatic heterocycles. The number of alkyl halides is 1. The Hall–Kier alpha value is -0.620. The molecular weight excluding hydrogens is 286 g/mol. The lowest BCUT2D eigenvalue weighted by Gasteiger charge is -2.21. The summed E-state index contributed by atoms with van der Waals surface area (Å²) in [7, 11) is -1.85. The molecule has 1 aromatic rings. The van der Waals surface area contributed by atoms with Crippen molar-refractivity contribution in [3.8, 4) is 0 Å². The van der Waals surface area contributed by atoms with Crippen molar-refractivity contribution in [2.45, 2.75) is 29.7 Å². The largest absolute Gasteiger partial charge is 0.383 e. The molecule has 106 valence electrons. The van der Waals surface area contributed by atoms with Crippen LogP contribution < -0.4 is 0 Å². The number of nitrogens with zero attached hydrogens (tertiary/aromatic N) is 1. The molecule has 0 unspecified atom stereocenters. The summed E-state index contributed by atoms with van der Waals surface area (Å²) >= 11 is 5.71. The third kappa shape index (κ3) is 3.48. The van der Waals surface area contributed by atoms with Gasteiger partial charge in [-0.15, -0.1) is 11.6 Å². The molecule has 0 amide bonds. The summed E-state index contributed by atoms with van der Waals surface area (Å²) in [4.78, 5) is 0.323. The van der Waals surface area contributed by atoms with E-state index in [0.717, 1.165) is 18.4 Å². The highest BCUT2D eigenvalue weighted by molar-refractivity contribution is 7.89. The molecule has 1 aliphatic carbocycles. The SMILES string of the molecule is COCCN(C1CC1)S(=O)(=O)c1ccc(CCl)cc1. The molecule has 1 fully saturated rings. The summed E-state index contributed by atoms with van der Waals surface area (Å²) in [6.07, 6.45) is 1.87. The Morgan fingerprint density at radius 3 is 2.42 bits per heavy atom. The fourth-order valence-corrected chi connectivity index (χ4v) is 3.78. The number of hydrogen-bond acceptors (Lipinski definition) is 3. The van der Waals surface area contributed by atoms with Crippen LogP contribution in [-0.4, -0.2) is 39.0 Å². The van der Waals surface area contributed by atoms with Gasteiger partial charge in [0.15, 0.2) is 0 Å². The lowest BCUT2D eigenvalue weighted by atomic mass is 10.2. The zero-order chi connectivity index (χ0) is 13.9. The first-order chi connectivity index (χ1) is 9.09. The summed E-state index contributed by atoms with van der Waals surface area (Å²) in [5, 5.41) is 0. The van der Waals surface area contributed by atoms with Crippen molar-refractivity contribution in [1.82, 2.24) is 4.31 Å². The molecule has 1 aromatic carbocycles. The van der Waals surface area contributed by atoms with Gasteiger partial charge in [0.1, 0.15) is 0 Å². The van der Waals surface area contributed by atoms with E-state index < -0.39 is 10.0 Å². The molecule has 0 aliphatic heterocycles. The summed E-state index contributed by atoms with van der Waals surface area (Å²) < 4.78 is 31.7. The van der Waals surface area contributed by atoms with E-state index in [1.54, 1.807) is 35.7 Å². The number of hydrogen-bond donors (Lipinski definition) is 0. The maximum Gasteiger partial charge on any atom is 0.243 e. The van der Waals surface area contributed by atoms with Crippen LogP contribution >= 0.6 is 11.6 Å². The molecule has 0 N–H and O–H groups in total. The van der Waals surface area contributed by atoms with E-state index in [0.29, 0.717) is 23.9 Å². The van der Waals surface area contributed by atoms with Crippen LogP contribution in [0.15, 0.2) is 29.2 Å². The molecule has 0 heterocycles. The van der Waals surface area contributed by atoms with Crippen LogP contribution in [0.1, 0.15) is 18.4 Å². The summed E-state index contributed by atoms with van der Waals surface area (Å²) in [5.41, 5.74) is 0.912. The summed E-state index contributed by atoms with van der Waals surface area (Å²) in [6, 6.07) is 6.88. The van der Waals surface area contributed by atoms with Gasteiger partial charge in [-0.3, -0.25) is 0 Å². The Bertz CT molecular complexity index is 511. The van der Waals surface area contributed by atoms with Crippen LogP contribution in [0.3, 0.4) is 0 Å². The second kappa shape index (κ2) is 6.22. The third-order valence-corrected chi connectivity index (χ3v) is 5.43.